The molecule has 2 fully saturated rings. The van der Waals surface area contributed by atoms with Gasteiger partial charge in [0.15, 0.2) is 0 Å². The van der Waals surface area contributed by atoms with Crippen molar-refractivity contribution in [1.29, 1.82) is 0 Å². The SMILES string of the molecule is CCOC(=O)c1cn(C2CC2)c2cc(N3CCNCC3)c(F)cc2c1=O.O=C(O)C(F)(F)F. The number of carboxylic acids is 1. The van der Waals surface area contributed by atoms with Crippen molar-refractivity contribution in [3.8, 4) is 0 Å². The molecular formula is C21H23F4N3O5. The number of piperazine rings is 1. The highest BCUT2D eigenvalue weighted by atomic mass is 19.4. The highest BCUT2D eigenvalue weighted by molar-refractivity contribution is 5.94. The lowest BCUT2D eigenvalue weighted by molar-refractivity contribution is -0.192. The molecule has 0 bridgehead atoms. The summed E-state index contributed by atoms with van der Waals surface area (Å²) in [6, 6.07) is 3.27. The Bertz CT molecular complexity index is 1110. The molecule has 0 spiro atoms. The number of esters is 1. The fraction of sp³-hybridized carbons (Fsp3) is 0.476. The second-order valence-electron chi connectivity index (χ2n) is 7.59. The summed E-state index contributed by atoms with van der Waals surface area (Å²) in [7, 11) is 0. The Hall–Kier alpha value is -3.15. The van der Waals surface area contributed by atoms with Crippen LogP contribution in [-0.2, 0) is 9.53 Å². The predicted octanol–water partition coefficient (Wildman–Crippen LogP) is 2.70. The second kappa shape index (κ2) is 9.77. The Morgan fingerprint density at radius 2 is 1.82 bits per heavy atom. The highest BCUT2D eigenvalue weighted by Gasteiger charge is 2.38. The van der Waals surface area contributed by atoms with Gasteiger partial charge in [0, 0.05) is 43.8 Å². The molecule has 1 aromatic carbocycles. The van der Waals surface area contributed by atoms with Crippen LogP contribution < -0.4 is 15.6 Å². The smallest absolute Gasteiger partial charge is 0.475 e. The van der Waals surface area contributed by atoms with E-state index in [1.165, 1.54) is 6.07 Å². The van der Waals surface area contributed by atoms with Gasteiger partial charge in [0.25, 0.3) is 0 Å². The molecule has 2 aliphatic rings. The number of carbonyl (C=O) groups excluding carboxylic acids is 1. The molecule has 4 rings (SSSR count). The topological polar surface area (TPSA) is 101 Å². The van der Waals surface area contributed by atoms with E-state index in [-0.39, 0.29) is 23.6 Å². The summed E-state index contributed by atoms with van der Waals surface area (Å²) in [6.07, 6.45) is -1.53. The van der Waals surface area contributed by atoms with Crippen molar-refractivity contribution in [2.45, 2.75) is 32.0 Å². The maximum absolute atomic E-state index is 14.8. The number of carboxylic acid groups (broad SMARTS) is 1. The zero-order valence-electron chi connectivity index (χ0n) is 17.7. The molecule has 2 N–H and O–H groups in total. The number of ether oxygens (including phenoxy) is 1. The van der Waals surface area contributed by atoms with Crippen molar-refractivity contribution < 1.29 is 37.0 Å². The largest absolute Gasteiger partial charge is 0.490 e. The first-order chi connectivity index (χ1) is 15.5. The number of rotatable bonds is 4. The Labute approximate surface area is 185 Å². The van der Waals surface area contributed by atoms with Gasteiger partial charge in [-0.05, 0) is 31.9 Å². The van der Waals surface area contributed by atoms with Crippen molar-refractivity contribution in [1.82, 2.24) is 9.88 Å². The summed E-state index contributed by atoms with van der Waals surface area (Å²) in [5.74, 6) is -3.84. The number of aliphatic carboxylic acids is 1. The number of hydrogen-bond donors (Lipinski definition) is 2. The first kappa shape index (κ1) is 24.5. The summed E-state index contributed by atoms with van der Waals surface area (Å²) >= 11 is 0. The number of hydrogen-bond acceptors (Lipinski definition) is 6. The molecule has 180 valence electrons. The third kappa shape index (κ3) is 5.62. The highest BCUT2D eigenvalue weighted by Crippen LogP contribution is 2.38. The molecule has 0 radical (unpaired) electrons. The van der Waals surface area contributed by atoms with E-state index in [0.29, 0.717) is 11.2 Å². The van der Waals surface area contributed by atoms with Crippen LogP contribution >= 0.6 is 0 Å². The number of alkyl halides is 3. The molecule has 2 aromatic rings. The van der Waals surface area contributed by atoms with Gasteiger partial charge in [-0.3, -0.25) is 4.79 Å². The normalized spacial score (nSPS) is 16.2. The van der Waals surface area contributed by atoms with Gasteiger partial charge < -0.3 is 24.6 Å². The van der Waals surface area contributed by atoms with E-state index in [2.05, 4.69) is 5.32 Å². The van der Waals surface area contributed by atoms with Crippen molar-refractivity contribution in [3.63, 3.8) is 0 Å². The summed E-state index contributed by atoms with van der Waals surface area (Å²) < 4.78 is 53.5. The van der Waals surface area contributed by atoms with Crippen LogP contribution in [0.2, 0.25) is 0 Å². The van der Waals surface area contributed by atoms with Crippen molar-refractivity contribution in [3.05, 3.63) is 39.9 Å². The Morgan fingerprint density at radius 3 is 2.33 bits per heavy atom. The summed E-state index contributed by atoms with van der Waals surface area (Å²) in [5, 5.41) is 10.6. The number of anilines is 1. The average Bonchev–Trinajstić information content (AvgIpc) is 3.60. The monoisotopic (exact) mass is 473 g/mol. The number of carbonyl (C=O) groups is 2. The molecule has 1 aromatic heterocycles. The minimum absolute atomic E-state index is 0.0272. The van der Waals surface area contributed by atoms with Crippen molar-refractivity contribution >= 4 is 28.5 Å². The minimum atomic E-state index is -5.08. The van der Waals surface area contributed by atoms with Gasteiger partial charge in [-0.25, -0.2) is 14.0 Å². The molecular weight excluding hydrogens is 450 g/mol. The van der Waals surface area contributed by atoms with Crippen LogP contribution in [-0.4, -0.2) is 60.6 Å². The lowest BCUT2D eigenvalue weighted by Crippen LogP contribution is -2.43. The Morgan fingerprint density at radius 1 is 1.21 bits per heavy atom. The van der Waals surface area contributed by atoms with Gasteiger partial charge in [0.05, 0.1) is 17.8 Å². The molecule has 12 heteroatoms. The lowest BCUT2D eigenvalue weighted by atomic mass is 10.1. The number of nitrogens with zero attached hydrogens (tertiary/aromatic N) is 2. The molecule has 0 amide bonds. The van der Waals surface area contributed by atoms with E-state index < -0.39 is 29.4 Å². The fourth-order valence-corrected chi connectivity index (χ4v) is 3.52. The van der Waals surface area contributed by atoms with E-state index in [9.17, 15) is 27.2 Å². The number of aromatic nitrogens is 1. The zero-order chi connectivity index (χ0) is 24.3. The van der Waals surface area contributed by atoms with E-state index in [0.717, 1.165) is 39.0 Å². The van der Waals surface area contributed by atoms with E-state index >= 15 is 0 Å². The molecule has 0 unspecified atom stereocenters. The number of nitrogens with one attached hydrogen (secondary N) is 1. The van der Waals surface area contributed by atoms with Gasteiger partial charge in [0.2, 0.25) is 5.43 Å². The lowest BCUT2D eigenvalue weighted by Gasteiger charge is -2.30. The van der Waals surface area contributed by atoms with E-state index in [4.69, 9.17) is 14.6 Å². The number of fused-ring (bicyclic) bond motifs is 1. The number of pyridine rings is 1. The fourth-order valence-electron chi connectivity index (χ4n) is 3.52. The second-order valence-corrected chi connectivity index (χ2v) is 7.59. The molecule has 33 heavy (non-hydrogen) atoms. The maximum Gasteiger partial charge on any atom is 0.490 e. The molecule has 1 aliphatic carbocycles. The summed E-state index contributed by atoms with van der Waals surface area (Å²) in [4.78, 5) is 35.8. The van der Waals surface area contributed by atoms with Crippen LogP contribution in [0.1, 0.15) is 36.2 Å². The molecule has 2 heterocycles. The van der Waals surface area contributed by atoms with E-state index in [1.54, 1.807) is 19.2 Å². The third-order valence-corrected chi connectivity index (χ3v) is 5.24. The van der Waals surface area contributed by atoms with Crippen LogP contribution in [0.25, 0.3) is 10.9 Å². The van der Waals surface area contributed by atoms with Crippen LogP contribution in [0.15, 0.2) is 23.1 Å². The van der Waals surface area contributed by atoms with Crippen molar-refractivity contribution in [2.24, 2.45) is 0 Å². The van der Waals surface area contributed by atoms with Gasteiger partial charge in [-0.2, -0.15) is 13.2 Å². The van der Waals surface area contributed by atoms with Gasteiger partial charge in [-0.15, -0.1) is 0 Å². The molecule has 0 atom stereocenters. The predicted molar refractivity (Wildman–Crippen MR) is 111 cm³/mol. The van der Waals surface area contributed by atoms with Gasteiger partial charge in [0.1, 0.15) is 11.4 Å². The molecule has 1 saturated carbocycles. The van der Waals surface area contributed by atoms with Crippen molar-refractivity contribution in [2.75, 3.05) is 37.7 Å². The maximum atomic E-state index is 14.8. The zero-order valence-corrected chi connectivity index (χ0v) is 17.7. The first-order valence-electron chi connectivity index (χ1n) is 10.4. The molecule has 8 nitrogen and oxygen atoms in total. The number of halogens is 4. The first-order valence-corrected chi connectivity index (χ1v) is 10.4. The molecule has 1 aliphatic heterocycles. The summed E-state index contributed by atoms with van der Waals surface area (Å²) in [6.45, 7) is 4.92. The standard InChI is InChI=1S/C19H22FN3O3.C2HF3O2/c1-2-26-19(25)14-11-23(12-3-4-12)16-10-17(22-7-5-21-6-8-22)15(20)9-13(16)18(14)24;3-2(4,5)1(6)7/h9-12,21H,2-8H2,1H3;(H,6,7). The summed E-state index contributed by atoms with van der Waals surface area (Å²) in [5.41, 5.74) is 0.693. The van der Waals surface area contributed by atoms with Crippen LogP contribution in [0, 0.1) is 5.82 Å². The minimum Gasteiger partial charge on any atom is -0.475 e. The van der Waals surface area contributed by atoms with Gasteiger partial charge >= 0.3 is 18.1 Å². The van der Waals surface area contributed by atoms with Crippen LogP contribution in [0.5, 0.6) is 0 Å². The third-order valence-electron chi connectivity index (χ3n) is 5.24. The van der Waals surface area contributed by atoms with E-state index in [1.807, 2.05) is 9.47 Å². The number of benzene rings is 1. The Balaban J connectivity index is 0.000000383. The van der Waals surface area contributed by atoms with Crippen LogP contribution in [0.3, 0.4) is 0 Å². The van der Waals surface area contributed by atoms with Crippen LogP contribution in [0.4, 0.5) is 23.2 Å². The Kier molecular flexibility index (Phi) is 7.25. The van der Waals surface area contributed by atoms with Gasteiger partial charge in [-0.1, -0.05) is 0 Å². The average molecular weight is 473 g/mol. The molecule has 1 saturated heterocycles. The quantitative estimate of drug-likeness (QED) is 0.520.